The molecule has 1 aromatic heterocycles. The van der Waals surface area contributed by atoms with E-state index in [2.05, 4.69) is 91.0 Å². The van der Waals surface area contributed by atoms with Gasteiger partial charge in [-0.1, -0.05) is 15.9 Å². The number of rotatable bonds is 6. The Balaban J connectivity index is 0.00000300. The van der Waals surface area contributed by atoms with Crippen LogP contribution < -0.4 is 15.5 Å². The molecule has 1 aliphatic rings. The molecule has 2 unspecified atom stereocenters. The Morgan fingerprint density at radius 1 is 1.34 bits per heavy atom. The van der Waals surface area contributed by atoms with Crippen LogP contribution in [0.15, 0.2) is 46.1 Å². The van der Waals surface area contributed by atoms with Crippen molar-refractivity contribution in [3.05, 3.63) is 46.7 Å². The molecule has 2 aromatic rings. The van der Waals surface area contributed by atoms with Crippen molar-refractivity contribution in [3.63, 3.8) is 0 Å². The fourth-order valence-corrected chi connectivity index (χ4v) is 3.82. The highest BCUT2D eigenvalue weighted by Crippen LogP contribution is 2.22. The monoisotopic (exact) mass is 575 g/mol. The lowest BCUT2D eigenvalue weighted by atomic mass is 10.1. The Morgan fingerprint density at radius 2 is 2.07 bits per heavy atom. The molecule has 1 fully saturated rings. The van der Waals surface area contributed by atoms with Crippen LogP contribution in [-0.4, -0.2) is 67.5 Å². The van der Waals surface area contributed by atoms with Crippen LogP contribution in [0.1, 0.15) is 18.0 Å². The molecule has 7 nitrogen and oxygen atoms in total. The van der Waals surface area contributed by atoms with E-state index in [9.17, 15) is 0 Å². The summed E-state index contributed by atoms with van der Waals surface area (Å²) in [6.45, 7) is 2.79. The quantitative estimate of drug-likeness (QED) is 0.315. The molecule has 2 heterocycles. The average molecular weight is 576 g/mol. The van der Waals surface area contributed by atoms with E-state index in [1.165, 1.54) is 11.3 Å². The Kier molecular flexibility index (Phi) is 9.22. The van der Waals surface area contributed by atoms with Crippen molar-refractivity contribution in [1.82, 2.24) is 25.3 Å². The summed E-state index contributed by atoms with van der Waals surface area (Å²) < 4.78 is 2.95. The number of likely N-dealkylation sites (N-methyl/N-ethyl adjacent to an activating group) is 1. The van der Waals surface area contributed by atoms with Crippen LogP contribution in [0.5, 0.6) is 0 Å². The fourth-order valence-electron chi connectivity index (χ4n) is 3.56. The highest BCUT2D eigenvalue weighted by molar-refractivity contribution is 14.0. The minimum atomic E-state index is 0. The molecule has 0 saturated carbocycles. The van der Waals surface area contributed by atoms with Gasteiger partial charge in [0.25, 0.3) is 0 Å². The number of halogens is 2. The second-order valence-electron chi connectivity index (χ2n) is 7.43. The van der Waals surface area contributed by atoms with E-state index in [0.29, 0.717) is 6.04 Å². The van der Waals surface area contributed by atoms with E-state index < -0.39 is 0 Å². The van der Waals surface area contributed by atoms with E-state index in [4.69, 9.17) is 0 Å². The van der Waals surface area contributed by atoms with Gasteiger partial charge >= 0.3 is 0 Å². The lowest BCUT2D eigenvalue weighted by Gasteiger charge is -2.25. The van der Waals surface area contributed by atoms with Crippen molar-refractivity contribution in [2.45, 2.75) is 18.5 Å². The minimum Gasteiger partial charge on any atom is -0.369 e. The Hall–Kier alpha value is -1.33. The van der Waals surface area contributed by atoms with E-state index in [1.807, 2.05) is 25.0 Å². The van der Waals surface area contributed by atoms with Crippen LogP contribution >= 0.6 is 39.9 Å². The van der Waals surface area contributed by atoms with Crippen molar-refractivity contribution < 1.29 is 0 Å². The maximum absolute atomic E-state index is 4.42. The Labute approximate surface area is 199 Å². The zero-order chi connectivity index (χ0) is 20.1. The Bertz CT molecular complexity index is 790. The molecular weight excluding hydrogens is 545 g/mol. The van der Waals surface area contributed by atoms with Crippen molar-refractivity contribution >= 4 is 51.6 Å². The molecule has 1 aliphatic heterocycles. The first-order chi connectivity index (χ1) is 13.5. The SMILES string of the molecule is CN=C(NCC(c1cnn(C)c1)N(C)C)NC1CCN(c2ccc(Br)cc2)C1.I. The first-order valence-corrected chi connectivity index (χ1v) is 10.4. The summed E-state index contributed by atoms with van der Waals surface area (Å²) in [7, 11) is 7.94. The number of hydrogen-bond acceptors (Lipinski definition) is 4. The van der Waals surface area contributed by atoms with Crippen LogP contribution in [0.25, 0.3) is 0 Å². The normalized spacial score (nSPS) is 17.9. The topological polar surface area (TPSA) is 60.7 Å². The molecule has 2 atom stereocenters. The number of aliphatic imine (C=N–C) groups is 1. The van der Waals surface area contributed by atoms with Gasteiger partial charge in [-0.25, -0.2) is 0 Å². The van der Waals surface area contributed by atoms with Gasteiger partial charge in [-0.05, 0) is 44.8 Å². The number of hydrogen-bond donors (Lipinski definition) is 2. The van der Waals surface area contributed by atoms with Crippen molar-refractivity contribution in [2.75, 3.05) is 45.7 Å². The molecule has 0 aliphatic carbocycles. The molecule has 3 rings (SSSR count). The standard InChI is InChI=1S/C20H30BrN7.HI/c1-22-20(23-12-19(26(2)3)15-11-24-27(4)13-15)25-17-9-10-28(14-17)18-7-5-16(21)6-8-18;/h5-8,11,13,17,19H,9-10,12,14H2,1-4H3,(H2,22,23,25);1H. The lowest BCUT2D eigenvalue weighted by molar-refractivity contribution is 0.298. The summed E-state index contributed by atoms with van der Waals surface area (Å²) in [5.41, 5.74) is 2.46. The maximum atomic E-state index is 4.42. The van der Waals surface area contributed by atoms with Gasteiger partial charge in [-0.2, -0.15) is 5.10 Å². The maximum Gasteiger partial charge on any atom is 0.191 e. The first-order valence-electron chi connectivity index (χ1n) is 9.59. The lowest BCUT2D eigenvalue weighted by Crippen LogP contribution is -2.46. The third-order valence-electron chi connectivity index (χ3n) is 5.14. The fraction of sp³-hybridized carbons (Fsp3) is 0.500. The molecule has 1 aromatic carbocycles. The zero-order valence-corrected chi connectivity index (χ0v) is 21.4. The number of guanidine groups is 1. The second kappa shape index (κ2) is 11.2. The summed E-state index contributed by atoms with van der Waals surface area (Å²) in [4.78, 5) is 9.03. The summed E-state index contributed by atoms with van der Waals surface area (Å²) in [6, 6.07) is 9.12. The van der Waals surface area contributed by atoms with Crippen LogP contribution in [0, 0.1) is 0 Å². The van der Waals surface area contributed by atoms with E-state index >= 15 is 0 Å². The number of aromatic nitrogens is 2. The van der Waals surface area contributed by atoms with Gasteiger partial charge in [0.2, 0.25) is 0 Å². The van der Waals surface area contributed by atoms with Crippen LogP contribution in [0.4, 0.5) is 5.69 Å². The number of nitrogens with zero attached hydrogens (tertiary/aromatic N) is 5. The molecule has 2 N–H and O–H groups in total. The number of anilines is 1. The highest BCUT2D eigenvalue weighted by Gasteiger charge is 2.24. The molecule has 160 valence electrons. The summed E-state index contributed by atoms with van der Waals surface area (Å²) in [6.07, 6.45) is 5.08. The highest BCUT2D eigenvalue weighted by atomic mass is 127. The third kappa shape index (κ3) is 6.58. The predicted octanol–water partition coefficient (Wildman–Crippen LogP) is 2.85. The van der Waals surface area contributed by atoms with Gasteiger partial charge in [0.05, 0.1) is 12.2 Å². The summed E-state index contributed by atoms with van der Waals surface area (Å²) in [5.74, 6) is 0.846. The van der Waals surface area contributed by atoms with Gasteiger partial charge < -0.3 is 20.4 Å². The molecule has 0 spiro atoms. The molecule has 0 bridgehead atoms. The van der Waals surface area contributed by atoms with Crippen LogP contribution in [-0.2, 0) is 7.05 Å². The van der Waals surface area contributed by atoms with Crippen molar-refractivity contribution in [1.29, 1.82) is 0 Å². The molecule has 0 amide bonds. The van der Waals surface area contributed by atoms with Crippen LogP contribution in [0.2, 0.25) is 0 Å². The first kappa shape index (κ1) is 23.9. The van der Waals surface area contributed by atoms with Gasteiger partial charge in [-0.3, -0.25) is 9.67 Å². The molecule has 0 radical (unpaired) electrons. The van der Waals surface area contributed by atoms with Crippen LogP contribution in [0.3, 0.4) is 0 Å². The largest absolute Gasteiger partial charge is 0.369 e. The van der Waals surface area contributed by atoms with Gasteiger partial charge in [0.1, 0.15) is 0 Å². The third-order valence-corrected chi connectivity index (χ3v) is 5.67. The number of nitrogens with one attached hydrogen (secondary N) is 2. The number of benzene rings is 1. The minimum absolute atomic E-state index is 0. The predicted molar refractivity (Wildman–Crippen MR) is 134 cm³/mol. The van der Waals surface area contributed by atoms with Gasteiger partial charge in [0.15, 0.2) is 5.96 Å². The molecule has 1 saturated heterocycles. The van der Waals surface area contributed by atoms with E-state index in [-0.39, 0.29) is 30.0 Å². The van der Waals surface area contributed by atoms with Gasteiger partial charge in [0, 0.05) is 61.7 Å². The summed E-state index contributed by atoms with van der Waals surface area (Å²) in [5, 5.41) is 11.4. The summed E-state index contributed by atoms with van der Waals surface area (Å²) >= 11 is 3.50. The second-order valence-corrected chi connectivity index (χ2v) is 8.35. The van der Waals surface area contributed by atoms with E-state index in [1.54, 1.807) is 0 Å². The van der Waals surface area contributed by atoms with Gasteiger partial charge in [-0.15, -0.1) is 24.0 Å². The number of aryl methyl sites for hydroxylation is 1. The molecule has 9 heteroatoms. The Morgan fingerprint density at radius 3 is 2.66 bits per heavy atom. The van der Waals surface area contributed by atoms with E-state index in [0.717, 1.165) is 36.5 Å². The van der Waals surface area contributed by atoms with Crippen molar-refractivity contribution in [3.8, 4) is 0 Å². The smallest absolute Gasteiger partial charge is 0.191 e. The molecular formula is C20H31BrIN7. The zero-order valence-electron chi connectivity index (χ0n) is 17.5. The van der Waals surface area contributed by atoms with Crippen molar-refractivity contribution in [2.24, 2.45) is 12.0 Å². The average Bonchev–Trinajstić information content (AvgIpc) is 3.30. The molecule has 29 heavy (non-hydrogen) atoms.